The number of anilines is 1. The number of hydrogen-bond acceptors (Lipinski definition) is 5. The first-order chi connectivity index (χ1) is 15.3. The Bertz CT molecular complexity index is 1070. The maximum absolute atomic E-state index is 13.3. The minimum atomic E-state index is -3.88. The van der Waals surface area contributed by atoms with Crippen LogP contribution in [0.5, 0.6) is 0 Å². The van der Waals surface area contributed by atoms with Crippen LogP contribution in [0.2, 0.25) is 5.02 Å². The predicted octanol–water partition coefficient (Wildman–Crippen LogP) is 4.09. The summed E-state index contributed by atoms with van der Waals surface area (Å²) in [5.41, 5.74) is 0.221. The monoisotopic (exact) mass is 480 g/mol. The molecule has 2 atom stereocenters. The Morgan fingerprint density at radius 2 is 1.81 bits per heavy atom. The Morgan fingerprint density at radius 3 is 2.50 bits per heavy atom. The molecular weight excluding hydrogens is 452 g/mol. The molecule has 0 spiro atoms. The molecule has 2 aliphatic rings. The molecule has 2 fully saturated rings. The van der Waals surface area contributed by atoms with E-state index in [0.29, 0.717) is 5.82 Å². The van der Waals surface area contributed by atoms with Crippen molar-refractivity contribution in [3.05, 3.63) is 41.0 Å². The summed E-state index contributed by atoms with van der Waals surface area (Å²) in [7, 11) is -3.88. The zero-order valence-electron chi connectivity index (χ0n) is 18.3. The van der Waals surface area contributed by atoms with Gasteiger partial charge in [-0.2, -0.15) is 9.40 Å². The number of rotatable bonds is 5. The van der Waals surface area contributed by atoms with Gasteiger partial charge in [0.25, 0.3) is 5.91 Å². The van der Waals surface area contributed by atoms with Crippen molar-refractivity contribution in [2.24, 2.45) is 0 Å². The molecule has 32 heavy (non-hydrogen) atoms. The van der Waals surface area contributed by atoms with Gasteiger partial charge < -0.3 is 10.1 Å². The highest BCUT2D eigenvalue weighted by molar-refractivity contribution is 7.89. The van der Waals surface area contributed by atoms with Crippen LogP contribution in [0.4, 0.5) is 5.82 Å². The molecule has 0 radical (unpaired) electrons. The number of carbonyl (C=O) groups excluding carboxylic acids is 1. The fourth-order valence-corrected chi connectivity index (χ4v) is 6.62. The Kier molecular flexibility index (Phi) is 6.90. The van der Waals surface area contributed by atoms with Crippen molar-refractivity contribution >= 4 is 33.3 Å². The Hall–Kier alpha value is -1.94. The van der Waals surface area contributed by atoms with E-state index in [9.17, 15) is 13.2 Å². The molecule has 1 saturated carbocycles. The van der Waals surface area contributed by atoms with Crippen molar-refractivity contribution in [3.8, 4) is 0 Å². The van der Waals surface area contributed by atoms with Gasteiger partial charge in [0, 0.05) is 24.7 Å². The van der Waals surface area contributed by atoms with Crippen LogP contribution in [0.3, 0.4) is 0 Å². The number of carbonyl (C=O) groups is 1. The molecule has 1 aromatic carbocycles. The minimum Gasteiger partial charge on any atom is -0.373 e. The zero-order valence-corrected chi connectivity index (χ0v) is 19.9. The fraction of sp³-hybridized carbons (Fsp3) is 0.545. The van der Waals surface area contributed by atoms with E-state index in [0.717, 1.165) is 25.7 Å². The van der Waals surface area contributed by atoms with Crippen LogP contribution in [0, 0.1) is 0 Å². The zero-order chi connectivity index (χ0) is 22.9. The molecule has 1 saturated heterocycles. The third-order valence-corrected chi connectivity index (χ3v) is 8.34. The molecule has 0 unspecified atom stereocenters. The van der Waals surface area contributed by atoms with Crippen molar-refractivity contribution in [3.63, 3.8) is 0 Å². The molecule has 0 bridgehead atoms. The smallest absolute Gasteiger partial charge is 0.256 e. The van der Waals surface area contributed by atoms with Crippen LogP contribution in [0.25, 0.3) is 0 Å². The summed E-state index contributed by atoms with van der Waals surface area (Å²) in [5.74, 6) is 0.205. The molecule has 4 rings (SSSR count). The summed E-state index contributed by atoms with van der Waals surface area (Å²) in [6.45, 7) is 4.14. The van der Waals surface area contributed by atoms with Gasteiger partial charge in [0.2, 0.25) is 10.0 Å². The van der Waals surface area contributed by atoms with Crippen LogP contribution in [-0.2, 0) is 14.8 Å². The van der Waals surface area contributed by atoms with E-state index in [1.54, 1.807) is 12.3 Å². The lowest BCUT2D eigenvalue weighted by atomic mass is 9.96. The standard InChI is InChI=1S/C22H29ClN4O4S/c1-15-13-26(14-16(2)31-15)32(29,30)20-12-17(8-9-19(20)23)22(28)25-21-10-11-24-27(21)18-6-4-3-5-7-18/h8-12,15-16,18H,3-7,13-14H2,1-2H3,(H,25,28)/t15-,16-/m1/s1. The average molecular weight is 481 g/mol. The number of nitrogens with one attached hydrogen (secondary N) is 1. The molecule has 174 valence electrons. The summed E-state index contributed by atoms with van der Waals surface area (Å²) in [4.78, 5) is 12.9. The molecule has 8 nitrogen and oxygen atoms in total. The second kappa shape index (κ2) is 9.51. The van der Waals surface area contributed by atoms with Gasteiger partial charge in [-0.15, -0.1) is 0 Å². The van der Waals surface area contributed by atoms with Gasteiger partial charge >= 0.3 is 0 Å². The van der Waals surface area contributed by atoms with Crippen molar-refractivity contribution < 1.29 is 17.9 Å². The Labute approximate surface area is 193 Å². The first-order valence-electron chi connectivity index (χ1n) is 11.1. The fourth-order valence-electron chi connectivity index (χ4n) is 4.53. The second-order valence-corrected chi connectivity index (χ2v) is 10.9. The number of sulfonamides is 1. The number of benzene rings is 1. The highest BCUT2D eigenvalue weighted by atomic mass is 35.5. The molecule has 2 aromatic rings. The third-order valence-electron chi connectivity index (χ3n) is 6.03. The largest absolute Gasteiger partial charge is 0.373 e. The molecule has 1 amide bonds. The van der Waals surface area contributed by atoms with E-state index in [2.05, 4.69) is 10.4 Å². The van der Waals surface area contributed by atoms with E-state index in [-0.39, 0.29) is 46.8 Å². The maximum Gasteiger partial charge on any atom is 0.256 e. The van der Waals surface area contributed by atoms with E-state index in [1.807, 2.05) is 18.5 Å². The van der Waals surface area contributed by atoms with Crippen LogP contribution in [-0.4, -0.2) is 53.7 Å². The lowest BCUT2D eigenvalue weighted by Gasteiger charge is -2.34. The van der Waals surface area contributed by atoms with Crippen LogP contribution in [0.15, 0.2) is 35.4 Å². The van der Waals surface area contributed by atoms with Gasteiger partial charge in [0.15, 0.2) is 0 Å². The van der Waals surface area contributed by atoms with Gasteiger partial charge in [-0.3, -0.25) is 4.79 Å². The Morgan fingerprint density at radius 1 is 1.12 bits per heavy atom. The molecule has 1 aliphatic carbocycles. The van der Waals surface area contributed by atoms with E-state index < -0.39 is 15.9 Å². The number of aromatic nitrogens is 2. The van der Waals surface area contributed by atoms with Gasteiger partial charge in [0.1, 0.15) is 10.7 Å². The van der Waals surface area contributed by atoms with Crippen molar-refractivity contribution in [1.29, 1.82) is 0 Å². The molecule has 2 heterocycles. The second-order valence-electron chi connectivity index (χ2n) is 8.63. The summed E-state index contributed by atoms with van der Waals surface area (Å²) in [6.07, 6.45) is 6.81. The van der Waals surface area contributed by atoms with Crippen LogP contribution < -0.4 is 5.32 Å². The van der Waals surface area contributed by atoms with Crippen LogP contribution in [0.1, 0.15) is 62.4 Å². The quantitative estimate of drug-likeness (QED) is 0.695. The summed E-state index contributed by atoms with van der Waals surface area (Å²) < 4.78 is 35.5. The Balaban J connectivity index is 1.57. The average Bonchev–Trinajstić information content (AvgIpc) is 3.22. The van der Waals surface area contributed by atoms with Gasteiger partial charge in [0.05, 0.1) is 29.5 Å². The highest BCUT2D eigenvalue weighted by Crippen LogP contribution is 2.31. The third kappa shape index (κ3) is 4.85. The molecule has 10 heteroatoms. The van der Waals surface area contributed by atoms with Crippen molar-refractivity contribution in [2.75, 3.05) is 18.4 Å². The maximum atomic E-state index is 13.3. The predicted molar refractivity (Wildman–Crippen MR) is 123 cm³/mol. The molecular formula is C22H29ClN4O4S. The SMILES string of the molecule is C[C@@H]1CN(S(=O)(=O)c2cc(C(=O)Nc3ccnn3C3CCCCC3)ccc2Cl)C[C@@H](C)O1. The normalized spacial score (nSPS) is 23.2. The van der Waals surface area contributed by atoms with E-state index in [1.165, 1.54) is 28.9 Å². The molecule has 1 N–H and O–H groups in total. The summed E-state index contributed by atoms with van der Waals surface area (Å²) in [6, 6.07) is 6.35. The van der Waals surface area contributed by atoms with Gasteiger partial charge in [-0.05, 0) is 44.9 Å². The van der Waals surface area contributed by atoms with Crippen molar-refractivity contribution in [1.82, 2.24) is 14.1 Å². The van der Waals surface area contributed by atoms with Crippen LogP contribution >= 0.6 is 11.6 Å². The number of morpholine rings is 1. The number of hydrogen-bond donors (Lipinski definition) is 1. The highest BCUT2D eigenvalue weighted by Gasteiger charge is 2.34. The topological polar surface area (TPSA) is 93.5 Å². The van der Waals surface area contributed by atoms with E-state index in [4.69, 9.17) is 16.3 Å². The minimum absolute atomic E-state index is 0.0751. The number of nitrogens with zero attached hydrogens (tertiary/aromatic N) is 3. The molecule has 1 aromatic heterocycles. The summed E-state index contributed by atoms with van der Waals surface area (Å²) in [5, 5.41) is 7.37. The summed E-state index contributed by atoms with van der Waals surface area (Å²) >= 11 is 6.26. The lowest BCUT2D eigenvalue weighted by Crippen LogP contribution is -2.48. The number of ether oxygens (including phenoxy) is 1. The molecule has 1 aliphatic heterocycles. The number of amides is 1. The first-order valence-corrected chi connectivity index (χ1v) is 12.9. The number of halogens is 1. The first kappa shape index (κ1) is 23.2. The van der Waals surface area contributed by atoms with Gasteiger partial charge in [-0.1, -0.05) is 30.9 Å². The van der Waals surface area contributed by atoms with Gasteiger partial charge in [-0.25, -0.2) is 13.1 Å². The van der Waals surface area contributed by atoms with E-state index >= 15 is 0 Å². The lowest BCUT2D eigenvalue weighted by molar-refractivity contribution is -0.0440. The van der Waals surface area contributed by atoms with Crippen molar-refractivity contribution in [2.45, 2.75) is 69.1 Å².